The fourth-order valence-corrected chi connectivity index (χ4v) is 1.11. The number of benzene rings is 1. The van der Waals surface area contributed by atoms with Gasteiger partial charge in [-0.3, -0.25) is 14.9 Å². The number of carbonyl (C=O) groups is 3. The number of aromatic carboxylic acids is 1. The van der Waals surface area contributed by atoms with Crippen LogP contribution in [0, 0.1) is 10.1 Å². The Morgan fingerprint density at radius 3 is 2.28 bits per heavy atom. The Morgan fingerprint density at radius 1 is 1.22 bits per heavy atom. The minimum atomic E-state index is -1.84. The van der Waals surface area contributed by atoms with E-state index in [2.05, 4.69) is 0 Å². The summed E-state index contributed by atoms with van der Waals surface area (Å²) in [5, 5.41) is 29.4. The third-order valence-electron chi connectivity index (χ3n) is 1.89. The van der Waals surface area contributed by atoms with Crippen LogP contribution in [0.2, 0.25) is 0 Å². The minimum absolute atomic E-state index is 0.449. The largest absolute Gasteiger partial charge is 0.478 e. The molecular weight excluding hydrogens is 248 g/mol. The van der Waals surface area contributed by atoms with Crippen LogP contribution in [0.3, 0.4) is 0 Å². The quantitative estimate of drug-likeness (QED) is 0.399. The van der Waals surface area contributed by atoms with Crippen LogP contribution >= 0.6 is 0 Å². The highest BCUT2D eigenvalue weighted by molar-refractivity contribution is 6.36. The lowest BCUT2D eigenvalue weighted by Gasteiger charge is -2.05. The first-order valence-corrected chi connectivity index (χ1v) is 4.39. The summed E-state index contributed by atoms with van der Waals surface area (Å²) in [6, 6.07) is 2.60. The highest BCUT2D eigenvalue weighted by Gasteiger charge is 2.19. The summed E-state index contributed by atoms with van der Waals surface area (Å²) < 4.78 is 0. The van der Waals surface area contributed by atoms with Crippen molar-refractivity contribution in [2.24, 2.45) is 0 Å². The molecule has 0 spiro atoms. The van der Waals surface area contributed by atoms with Crippen LogP contribution in [0.5, 0.6) is 0 Å². The first kappa shape index (κ1) is 13.1. The lowest BCUT2D eigenvalue weighted by molar-refractivity contribution is -0.384. The Labute approximate surface area is 98.8 Å². The predicted octanol–water partition coefficient (Wildman–Crippen LogP) is 0.316. The van der Waals surface area contributed by atoms with Crippen LogP contribution in [0.4, 0.5) is 11.4 Å². The third kappa shape index (κ3) is 2.78. The molecule has 0 aliphatic heterocycles. The molecule has 9 nitrogen and oxygen atoms in total. The molecule has 0 bridgehead atoms. The van der Waals surface area contributed by atoms with E-state index in [1.807, 2.05) is 0 Å². The molecular formula is C9H6N2O7. The molecule has 0 saturated carbocycles. The molecule has 18 heavy (non-hydrogen) atoms. The van der Waals surface area contributed by atoms with E-state index in [1.165, 1.54) is 0 Å². The fraction of sp³-hybridized carbons (Fsp3) is 0. The molecule has 0 atom stereocenters. The number of carbonyl (C=O) groups excluding carboxylic acids is 1. The number of amides is 1. The van der Waals surface area contributed by atoms with E-state index in [-0.39, 0.29) is 0 Å². The molecule has 1 aromatic rings. The number of anilines is 1. The zero-order chi connectivity index (χ0) is 13.9. The van der Waals surface area contributed by atoms with Gasteiger partial charge in [0.15, 0.2) is 0 Å². The SMILES string of the molecule is O=C(O)C(=O)Nc1cc([N+](=O)[O-])ccc1C(=O)O. The van der Waals surface area contributed by atoms with Gasteiger partial charge in [0.2, 0.25) is 0 Å². The second kappa shape index (κ2) is 4.91. The van der Waals surface area contributed by atoms with Crippen molar-refractivity contribution in [1.29, 1.82) is 0 Å². The summed E-state index contributed by atoms with van der Waals surface area (Å²) in [6.07, 6.45) is 0. The number of hydrogen-bond donors (Lipinski definition) is 3. The van der Waals surface area contributed by atoms with Crippen molar-refractivity contribution in [2.75, 3.05) is 5.32 Å². The van der Waals surface area contributed by atoms with Gasteiger partial charge in [-0.25, -0.2) is 9.59 Å². The van der Waals surface area contributed by atoms with Gasteiger partial charge in [-0.15, -0.1) is 0 Å². The fourth-order valence-electron chi connectivity index (χ4n) is 1.11. The maximum atomic E-state index is 10.9. The standard InChI is InChI=1S/C9H6N2O7/c12-7(9(15)16)10-6-3-4(11(17)18)1-2-5(6)8(13)14/h1-3H,(H,10,12)(H,13,14)(H,15,16). The number of carboxylic acids is 2. The number of rotatable bonds is 3. The normalized spacial score (nSPS) is 9.56. The Kier molecular flexibility index (Phi) is 3.57. The average Bonchev–Trinajstić information content (AvgIpc) is 2.28. The molecule has 0 radical (unpaired) electrons. The molecule has 1 rings (SSSR count). The number of nitrogens with one attached hydrogen (secondary N) is 1. The summed E-state index contributed by atoms with van der Waals surface area (Å²) in [6.45, 7) is 0. The van der Waals surface area contributed by atoms with Crippen molar-refractivity contribution in [2.45, 2.75) is 0 Å². The van der Waals surface area contributed by atoms with E-state index in [9.17, 15) is 24.5 Å². The zero-order valence-electron chi connectivity index (χ0n) is 8.61. The number of carboxylic acid groups (broad SMARTS) is 2. The topological polar surface area (TPSA) is 147 Å². The van der Waals surface area contributed by atoms with E-state index >= 15 is 0 Å². The number of hydrogen-bond acceptors (Lipinski definition) is 5. The molecule has 0 heterocycles. The van der Waals surface area contributed by atoms with Gasteiger partial charge in [0.1, 0.15) is 0 Å². The van der Waals surface area contributed by atoms with Gasteiger partial charge in [-0.2, -0.15) is 0 Å². The molecule has 1 amide bonds. The molecule has 3 N–H and O–H groups in total. The number of non-ortho nitro benzene ring substituents is 1. The summed E-state index contributed by atoms with van der Waals surface area (Å²) in [4.78, 5) is 41.7. The summed E-state index contributed by atoms with van der Waals surface area (Å²) in [5.74, 6) is -4.78. The maximum absolute atomic E-state index is 10.9. The molecule has 1 aromatic carbocycles. The van der Waals surface area contributed by atoms with Crippen LogP contribution < -0.4 is 5.32 Å². The number of aliphatic carboxylic acids is 1. The Morgan fingerprint density at radius 2 is 1.83 bits per heavy atom. The van der Waals surface area contributed by atoms with Crippen LogP contribution in [-0.4, -0.2) is 33.0 Å². The van der Waals surface area contributed by atoms with Gasteiger partial charge in [-0.05, 0) is 6.07 Å². The highest BCUT2D eigenvalue weighted by Crippen LogP contribution is 2.22. The monoisotopic (exact) mass is 254 g/mol. The lowest BCUT2D eigenvalue weighted by Crippen LogP contribution is -2.23. The number of nitro groups is 1. The van der Waals surface area contributed by atoms with E-state index in [1.54, 1.807) is 5.32 Å². The van der Waals surface area contributed by atoms with E-state index in [0.717, 1.165) is 18.2 Å². The lowest BCUT2D eigenvalue weighted by atomic mass is 10.1. The molecule has 0 aliphatic rings. The third-order valence-corrected chi connectivity index (χ3v) is 1.89. The van der Waals surface area contributed by atoms with Gasteiger partial charge in [0, 0.05) is 12.1 Å². The Hall–Kier alpha value is -2.97. The summed E-state index contributed by atoms with van der Waals surface area (Å²) >= 11 is 0. The average molecular weight is 254 g/mol. The minimum Gasteiger partial charge on any atom is -0.478 e. The molecule has 0 fully saturated rings. The Bertz CT molecular complexity index is 552. The Balaban J connectivity index is 3.23. The number of nitro benzene ring substituents is 1. The van der Waals surface area contributed by atoms with Crippen molar-refractivity contribution >= 4 is 29.2 Å². The van der Waals surface area contributed by atoms with Crippen molar-refractivity contribution in [3.63, 3.8) is 0 Å². The van der Waals surface area contributed by atoms with Crippen LogP contribution in [0.15, 0.2) is 18.2 Å². The van der Waals surface area contributed by atoms with Gasteiger partial charge in [-0.1, -0.05) is 0 Å². The van der Waals surface area contributed by atoms with Crippen LogP contribution in [0.25, 0.3) is 0 Å². The van der Waals surface area contributed by atoms with Crippen molar-refractivity contribution in [1.82, 2.24) is 0 Å². The van der Waals surface area contributed by atoms with Gasteiger partial charge in [0.05, 0.1) is 16.2 Å². The molecule has 0 aromatic heterocycles. The van der Waals surface area contributed by atoms with Crippen molar-refractivity contribution < 1.29 is 29.5 Å². The second-order valence-corrected chi connectivity index (χ2v) is 3.05. The number of nitrogens with zero attached hydrogens (tertiary/aromatic N) is 1. The zero-order valence-corrected chi connectivity index (χ0v) is 8.61. The molecule has 0 unspecified atom stereocenters. The first-order chi connectivity index (χ1) is 8.32. The van der Waals surface area contributed by atoms with E-state index in [0.29, 0.717) is 0 Å². The van der Waals surface area contributed by atoms with Gasteiger partial charge in [0.25, 0.3) is 5.69 Å². The van der Waals surface area contributed by atoms with Crippen molar-refractivity contribution in [3.05, 3.63) is 33.9 Å². The molecule has 0 aliphatic carbocycles. The molecule has 9 heteroatoms. The molecule has 0 saturated heterocycles. The molecule has 94 valence electrons. The maximum Gasteiger partial charge on any atom is 0.394 e. The van der Waals surface area contributed by atoms with E-state index < -0.39 is 39.7 Å². The van der Waals surface area contributed by atoms with E-state index in [4.69, 9.17) is 10.2 Å². The van der Waals surface area contributed by atoms with Crippen LogP contribution in [0.1, 0.15) is 10.4 Å². The summed E-state index contributed by atoms with van der Waals surface area (Å²) in [7, 11) is 0. The smallest absolute Gasteiger partial charge is 0.394 e. The second-order valence-electron chi connectivity index (χ2n) is 3.05. The van der Waals surface area contributed by atoms with Crippen molar-refractivity contribution in [3.8, 4) is 0 Å². The van der Waals surface area contributed by atoms with Gasteiger partial charge < -0.3 is 15.5 Å². The van der Waals surface area contributed by atoms with Gasteiger partial charge >= 0.3 is 17.8 Å². The highest BCUT2D eigenvalue weighted by atomic mass is 16.6. The van der Waals surface area contributed by atoms with Crippen LogP contribution in [-0.2, 0) is 9.59 Å². The first-order valence-electron chi connectivity index (χ1n) is 4.39. The summed E-state index contributed by atoms with van der Waals surface area (Å²) in [5.41, 5.74) is -1.38. The predicted molar refractivity (Wildman–Crippen MR) is 56.3 cm³/mol.